The van der Waals surface area contributed by atoms with Gasteiger partial charge >= 0.3 is 17.9 Å². The molecule has 0 rings (SSSR count). The van der Waals surface area contributed by atoms with E-state index >= 15 is 0 Å². The Hall–Kier alpha value is -2.27. The topological polar surface area (TPSA) is 193 Å². The highest BCUT2D eigenvalue weighted by Gasteiger charge is 2.34. The Morgan fingerprint density at radius 2 is 1.08 bits per heavy atom. The summed E-state index contributed by atoms with van der Waals surface area (Å²) in [5.41, 5.74) is -1.78. The first-order chi connectivity index (χ1) is 11.5. The summed E-state index contributed by atoms with van der Waals surface area (Å²) in [6, 6.07) is 0. The van der Waals surface area contributed by atoms with Crippen LogP contribution in [0, 0.1) is 10.8 Å². The molecule has 154 valence electrons. The molecule has 0 spiro atoms. The van der Waals surface area contributed by atoms with Gasteiger partial charge in [-0.15, -0.1) is 0 Å². The molecule has 0 aliphatic heterocycles. The first kappa shape index (κ1) is 31.5. The summed E-state index contributed by atoms with van der Waals surface area (Å²) in [6.07, 6.45) is -0.144. The third kappa shape index (κ3) is 24.0. The van der Waals surface area contributed by atoms with Crippen molar-refractivity contribution in [3.05, 3.63) is 25.3 Å². The number of carbonyl (C=O) groups is 3. The SMILES string of the molecule is C=CC(=O)O.C=CC(=O)O.CC(C)(C(=O)O)C(O)O.CC(C)(CO)CO. The summed E-state index contributed by atoms with van der Waals surface area (Å²) in [5, 5.41) is 57.2. The molecule has 10 nitrogen and oxygen atoms in total. The summed E-state index contributed by atoms with van der Waals surface area (Å²) >= 11 is 0. The highest BCUT2D eigenvalue weighted by atomic mass is 16.5. The molecule has 0 heterocycles. The van der Waals surface area contributed by atoms with Crippen LogP contribution in [0.3, 0.4) is 0 Å². The number of carboxylic acid groups (broad SMARTS) is 3. The van der Waals surface area contributed by atoms with Crippen LogP contribution in [0.25, 0.3) is 0 Å². The smallest absolute Gasteiger partial charge is 0.327 e. The van der Waals surface area contributed by atoms with Crippen molar-refractivity contribution in [2.45, 2.75) is 34.0 Å². The number of aliphatic hydroxyl groups excluding tert-OH is 3. The molecule has 0 aliphatic carbocycles. The second-order valence-electron chi connectivity index (χ2n) is 5.97. The molecular formula is C16H30O10. The van der Waals surface area contributed by atoms with Crippen molar-refractivity contribution in [1.82, 2.24) is 0 Å². The maximum absolute atomic E-state index is 10.1. The van der Waals surface area contributed by atoms with E-state index in [2.05, 4.69) is 13.2 Å². The number of hydrogen-bond donors (Lipinski definition) is 7. The minimum absolute atomic E-state index is 0.0451. The number of aliphatic hydroxyl groups is 4. The summed E-state index contributed by atoms with van der Waals surface area (Å²) in [4.78, 5) is 28.6. The van der Waals surface area contributed by atoms with E-state index in [1.807, 2.05) is 0 Å². The molecule has 0 amide bonds. The van der Waals surface area contributed by atoms with Gasteiger partial charge in [0, 0.05) is 17.6 Å². The monoisotopic (exact) mass is 382 g/mol. The van der Waals surface area contributed by atoms with Gasteiger partial charge in [-0.25, -0.2) is 9.59 Å². The van der Waals surface area contributed by atoms with E-state index in [1.165, 1.54) is 13.8 Å². The molecule has 0 aromatic heterocycles. The Labute approximate surface area is 152 Å². The van der Waals surface area contributed by atoms with E-state index in [1.54, 1.807) is 13.8 Å². The lowest BCUT2D eigenvalue weighted by Gasteiger charge is -2.20. The minimum atomic E-state index is -1.81. The number of aliphatic carboxylic acids is 3. The molecule has 0 aromatic carbocycles. The van der Waals surface area contributed by atoms with Gasteiger partial charge in [0.15, 0.2) is 6.29 Å². The van der Waals surface area contributed by atoms with Crippen molar-refractivity contribution in [1.29, 1.82) is 0 Å². The highest BCUT2D eigenvalue weighted by Crippen LogP contribution is 2.18. The maximum Gasteiger partial charge on any atom is 0.327 e. The van der Waals surface area contributed by atoms with Crippen LogP contribution < -0.4 is 0 Å². The van der Waals surface area contributed by atoms with Crippen LogP contribution >= 0.6 is 0 Å². The van der Waals surface area contributed by atoms with Gasteiger partial charge in [-0.1, -0.05) is 27.0 Å². The fourth-order valence-corrected chi connectivity index (χ4v) is 0.160. The Balaban J connectivity index is -0.000000128. The summed E-state index contributed by atoms with van der Waals surface area (Å²) in [7, 11) is 0. The zero-order valence-electron chi connectivity index (χ0n) is 15.4. The first-order valence-electron chi connectivity index (χ1n) is 7.07. The van der Waals surface area contributed by atoms with Crippen molar-refractivity contribution in [2.75, 3.05) is 13.2 Å². The van der Waals surface area contributed by atoms with E-state index < -0.39 is 29.6 Å². The highest BCUT2D eigenvalue weighted by molar-refractivity contribution is 5.79. The van der Waals surface area contributed by atoms with E-state index in [0.29, 0.717) is 0 Å². The van der Waals surface area contributed by atoms with Gasteiger partial charge in [-0.2, -0.15) is 0 Å². The lowest BCUT2D eigenvalue weighted by atomic mass is 9.93. The molecule has 0 saturated carbocycles. The van der Waals surface area contributed by atoms with Crippen molar-refractivity contribution >= 4 is 17.9 Å². The molecule has 0 aliphatic rings. The Bertz CT molecular complexity index is 414. The second kappa shape index (κ2) is 16.2. The van der Waals surface area contributed by atoms with E-state index in [4.69, 9.17) is 35.7 Å². The molecule has 0 bridgehead atoms. The van der Waals surface area contributed by atoms with Gasteiger partial charge < -0.3 is 35.7 Å². The molecule has 10 heteroatoms. The summed E-state index contributed by atoms with van der Waals surface area (Å²) < 4.78 is 0. The fourth-order valence-electron chi connectivity index (χ4n) is 0.160. The molecule has 26 heavy (non-hydrogen) atoms. The zero-order valence-corrected chi connectivity index (χ0v) is 15.4. The number of carboxylic acids is 3. The van der Waals surface area contributed by atoms with Crippen LogP contribution in [-0.2, 0) is 14.4 Å². The van der Waals surface area contributed by atoms with Crippen molar-refractivity contribution in [3.63, 3.8) is 0 Å². The zero-order chi connectivity index (χ0) is 22.1. The Kier molecular flexibility index (Phi) is 19.6. The van der Waals surface area contributed by atoms with Crippen LogP contribution in [0.1, 0.15) is 27.7 Å². The average Bonchev–Trinajstić information content (AvgIpc) is 2.56. The second-order valence-corrected chi connectivity index (χ2v) is 5.97. The molecule has 0 unspecified atom stereocenters. The summed E-state index contributed by atoms with van der Waals surface area (Å²) in [6.45, 7) is 12.1. The third-order valence-corrected chi connectivity index (χ3v) is 2.40. The molecule has 7 N–H and O–H groups in total. The molecule has 0 radical (unpaired) electrons. The molecule has 0 fully saturated rings. The van der Waals surface area contributed by atoms with Gasteiger partial charge in [0.25, 0.3) is 0 Å². The minimum Gasteiger partial charge on any atom is -0.481 e. The van der Waals surface area contributed by atoms with Crippen molar-refractivity contribution < 1.29 is 50.1 Å². The average molecular weight is 382 g/mol. The van der Waals surface area contributed by atoms with Gasteiger partial charge in [-0.05, 0) is 13.8 Å². The van der Waals surface area contributed by atoms with Crippen LogP contribution in [-0.4, -0.2) is 73.2 Å². The lowest BCUT2D eigenvalue weighted by molar-refractivity contribution is -0.174. The van der Waals surface area contributed by atoms with Crippen LogP contribution in [0.2, 0.25) is 0 Å². The van der Waals surface area contributed by atoms with Crippen LogP contribution in [0.5, 0.6) is 0 Å². The van der Waals surface area contributed by atoms with E-state index in [9.17, 15) is 14.4 Å². The normalized spacial score (nSPS) is 9.88. The van der Waals surface area contributed by atoms with Crippen molar-refractivity contribution in [3.8, 4) is 0 Å². The van der Waals surface area contributed by atoms with Gasteiger partial charge in [0.1, 0.15) is 5.41 Å². The maximum atomic E-state index is 10.1. The van der Waals surface area contributed by atoms with Gasteiger partial charge in [-0.3, -0.25) is 4.79 Å². The molecular weight excluding hydrogens is 352 g/mol. The van der Waals surface area contributed by atoms with Crippen molar-refractivity contribution in [2.24, 2.45) is 10.8 Å². The van der Waals surface area contributed by atoms with E-state index in [-0.39, 0.29) is 18.6 Å². The quantitative estimate of drug-likeness (QED) is 0.241. The van der Waals surface area contributed by atoms with Crippen LogP contribution in [0.4, 0.5) is 0 Å². The largest absolute Gasteiger partial charge is 0.481 e. The number of hydrogen-bond acceptors (Lipinski definition) is 7. The number of rotatable bonds is 6. The summed E-state index contributed by atoms with van der Waals surface area (Å²) in [5.74, 6) is -3.19. The Morgan fingerprint density at radius 3 is 1.08 bits per heavy atom. The van der Waals surface area contributed by atoms with E-state index in [0.717, 1.165) is 12.2 Å². The third-order valence-electron chi connectivity index (χ3n) is 2.40. The fraction of sp³-hybridized carbons (Fsp3) is 0.562. The van der Waals surface area contributed by atoms with Gasteiger partial charge in [0.2, 0.25) is 0 Å². The standard InChI is InChI=1S/C5H10O4.C5H12O2.2C3H4O2/c1-5(2,3(6)7)4(8)9;1-5(2,3-6)4-7;2*1-2-3(4)5/h3,6-7H,1-2H3,(H,8,9);6-7H,3-4H2,1-2H3;2*2H,1H2,(H,4,5). The first-order valence-corrected chi connectivity index (χ1v) is 7.07. The van der Waals surface area contributed by atoms with Gasteiger partial charge in [0.05, 0.1) is 13.2 Å². The predicted molar refractivity (Wildman–Crippen MR) is 93.3 cm³/mol. The predicted octanol–water partition coefficient (Wildman–Crippen LogP) is -0.0809. The Morgan fingerprint density at radius 1 is 0.846 bits per heavy atom. The van der Waals surface area contributed by atoms with Crippen LogP contribution in [0.15, 0.2) is 25.3 Å². The molecule has 0 saturated heterocycles. The lowest BCUT2D eigenvalue weighted by Crippen LogP contribution is -2.36. The molecule has 0 atom stereocenters. The molecule has 0 aromatic rings.